The minimum atomic E-state index is -4.57. The summed E-state index contributed by atoms with van der Waals surface area (Å²) in [7, 11) is -8.24. The molecule has 0 aliphatic rings. The van der Waals surface area contributed by atoms with Crippen LogP contribution in [0.15, 0.2) is 30.3 Å². The van der Waals surface area contributed by atoms with Crippen molar-refractivity contribution in [3.63, 3.8) is 0 Å². The van der Waals surface area contributed by atoms with Gasteiger partial charge >= 0.3 is 26.4 Å². The van der Waals surface area contributed by atoms with Crippen LogP contribution in [0.1, 0.15) is 5.56 Å². The molecule has 1 aromatic rings. The van der Waals surface area contributed by atoms with E-state index in [-0.39, 0.29) is 25.5 Å². The van der Waals surface area contributed by atoms with Crippen LogP contribution in [0.25, 0.3) is 0 Å². The molecule has 4 nitrogen and oxygen atoms in total. The van der Waals surface area contributed by atoms with Crippen LogP contribution in [-0.4, -0.2) is 20.5 Å². The van der Waals surface area contributed by atoms with Crippen molar-refractivity contribution in [1.29, 1.82) is 0 Å². The van der Waals surface area contributed by atoms with E-state index in [0.29, 0.717) is 5.56 Å². The first-order chi connectivity index (χ1) is 7.31. The molecule has 0 bridgehead atoms. The summed E-state index contributed by atoms with van der Waals surface area (Å²) in [5.74, 6) is 0. The Labute approximate surface area is 110 Å². The SMILES string of the molecule is FB(F)F.O=S(=O)([O-])OCc1ccccc1.[Li+]. The van der Waals surface area contributed by atoms with Crippen LogP contribution in [0, 0.1) is 0 Å². The van der Waals surface area contributed by atoms with Gasteiger partial charge in [-0.25, -0.2) is 8.42 Å². The maximum absolute atomic E-state index is 10.0. The second kappa shape index (κ2) is 9.56. The van der Waals surface area contributed by atoms with Crippen LogP contribution in [0.5, 0.6) is 0 Å². The second-order valence-electron chi connectivity index (χ2n) is 2.40. The van der Waals surface area contributed by atoms with E-state index in [9.17, 15) is 25.9 Å². The molecule has 90 valence electrons. The van der Waals surface area contributed by atoms with Crippen LogP contribution < -0.4 is 18.9 Å². The Balaban J connectivity index is 0. The van der Waals surface area contributed by atoms with Crippen molar-refractivity contribution in [2.24, 2.45) is 0 Å². The first-order valence-corrected chi connectivity index (χ1v) is 5.21. The summed E-state index contributed by atoms with van der Waals surface area (Å²) in [5, 5.41) is 0. The van der Waals surface area contributed by atoms with Gasteiger partial charge in [0.25, 0.3) is 0 Å². The Morgan fingerprint density at radius 1 is 1.18 bits per heavy atom. The van der Waals surface area contributed by atoms with Gasteiger partial charge in [0, 0.05) is 0 Å². The molecule has 0 spiro atoms. The summed E-state index contributed by atoms with van der Waals surface area (Å²) in [6, 6.07) is 8.60. The molecular formula is C7H7BF3LiO4S. The van der Waals surface area contributed by atoms with Crippen molar-refractivity contribution in [1.82, 2.24) is 0 Å². The second-order valence-corrected chi connectivity index (χ2v) is 3.46. The van der Waals surface area contributed by atoms with Crippen LogP contribution in [-0.2, 0) is 21.2 Å². The fourth-order valence-corrected chi connectivity index (χ4v) is 0.995. The number of hydrogen-bond acceptors (Lipinski definition) is 4. The van der Waals surface area contributed by atoms with Gasteiger partial charge in [0.1, 0.15) is 0 Å². The molecule has 0 aliphatic heterocycles. The minimum Gasteiger partial charge on any atom is -0.726 e. The number of rotatable bonds is 3. The summed E-state index contributed by atoms with van der Waals surface area (Å²) < 4.78 is 63.1. The van der Waals surface area contributed by atoms with Crippen molar-refractivity contribution < 1.29 is 49.0 Å². The third kappa shape index (κ3) is 15.5. The van der Waals surface area contributed by atoms with E-state index >= 15 is 0 Å². The molecule has 0 atom stereocenters. The van der Waals surface area contributed by atoms with E-state index in [0.717, 1.165) is 0 Å². The summed E-state index contributed by atoms with van der Waals surface area (Å²) >= 11 is 0. The molecule has 1 rings (SSSR count). The van der Waals surface area contributed by atoms with E-state index in [1.54, 1.807) is 30.3 Å². The van der Waals surface area contributed by atoms with Gasteiger partial charge < -0.3 is 4.55 Å². The standard InChI is InChI=1S/C7H8O4S.BF3.Li/c8-12(9,10)11-6-7-4-2-1-3-5-7;2-1(3)4;/h1-5H,6H2,(H,8,9,10);;/q;;+1/p-1. The molecule has 0 aliphatic carbocycles. The van der Waals surface area contributed by atoms with Gasteiger partial charge in [-0.3, -0.25) is 17.1 Å². The van der Waals surface area contributed by atoms with Gasteiger partial charge in [0.2, 0.25) is 10.4 Å². The van der Waals surface area contributed by atoms with Crippen LogP contribution >= 0.6 is 0 Å². The molecule has 0 unspecified atom stereocenters. The largest absolute Gasteiger partial charge is 1.00 e. The fourth-order valence-electron chi connectivity index (χ4n) is 0.714. The maximum atomic E-state index is 10.0. The monoisotopic (exact) mass is 262 g/mol. The molecule has 0 heterocycles. The quantitative estimate of drug-likeness (QED) is 0.379. The molecule has 1 aromatic carbocycles. The summed E-state index contributed by atoms with van der Waals surface area (Å²) in [6.07, 6.45) is 0. The minimum absolute atomic E-state index is 0. The Morgan fingerprint density at radius 3 is 1.94 bits per heavy atom. The zero-order valence-corrected chi connectivity index (χ0v) is 9.66. The van der Waals surface area contributed by atoms with Crippen molar-refractivity contribution in [3.8, 4) is 0 Å². The first-order valence-electron chi connectivity index (χ1n) is 3.87. The third-order valence-corrected chi connectivity index (χ3v) is 1.62. The van der Waals surface area contributed by atoms with Crippen LogP contribution in [0.2, 0.25) is 0 Å². The first kappa shape index (κ1) is 18.9. The smallest absolute Gasteiger partial charge is 0.726 e. The Bertz CT molecular complexity index is 387. The van der Waals surface area contributed by atoms with Crippen molar-refractivity contribution in [2.45, 2.75) is 6.61 Å². The average Bonchev–Trinajstić information content (AvgIpc) is 2.14. The van der Waals surface area contributed by atoms with Gasteiger partial charge in [0.05, 0.1) is 6.61 Å². The summed E-state index contributed by atoms with van der Waals surface area (Å²) in [5.41, 5.74) is 0.650. The fraction of sp³-hybridized carbons (Fsp3) is 0.143. The molecule has 0 saturated carbocycles. The van der Waals surface area contributed by atoms with Crippen LogP contribution in [0.4, 0.5) is 12.9 Å². The third-order valence-electron chi connectivity index (χ3n) is 1.21. The molecule has 0 amide bonds. The van der Waals surface area contributed by atoms with Gasteiger partial charge in [-0.2, -0.15) is 0 Å². The Hall–Kier alpha value is -0.458. The molecule has 0 aromatic heterocycles. The molecule has 17 heavy (non-hydrogen) atoms. The Morgan fingerprint density at radius 2 is 1.59 bits per heavy atom. The van der Waals surface area contributed by atoms with E-state index in [2.05, 4.69) is 4.18 Å². The predicted molar refractivity (Wildman–Crippen MR) is 50.0 cm³/mol. The molecule has 0 fully saturated rings. The van der Waals surface area contributed by atoms with E-state index in [4.69, 9.17) is 0 Å². The number of benzene rings is 1. The zero-order valence-electron chi connectivity index (χ0n) is 8.85. The predicted octanol–water partition coefficient (Wildman–Crippen LogP) is -1.45. The zero-order chi connectivity index (χ0) is 12.6. The van der Waals surface area contributed by atoms with Gasteiger partial charge in [-0.1, -0.05) is 30.3 Å². The molecular weight excluding hydrogens is 255 g/mol. The molecule has 0 radical (unpaired) electrons. The molecule has 0 saturated heterocycles. The van der Waals surface area contributed by atoms with Gasteiger partial charge in [-0.15, -0.1) is 0 Å². The van der Waals surface area contributed by atoms with E-state index in [1.165, 1.54) is 0 Å². The van der Waals surface area contributed by atoms with Crippen LogP contribution in [0.3, 0.4) is 0 Å². The molecule has 0 N–H and O–H groups in total. The topological polar surface area (TPSA) is 66.4 Å². The van der Waals surface area contributed by atoms with E-state index < -0.39 is 17.9 Å². The van der Waals surface area contributed by atoms with E-state index in [1.807, 2.05) is 0 Å². The average molecular weight is 262 g/mol. The number of halogens is 3. The summed E-state index contributed by atoms with van der Waals surface area (Å²) in [6.45, 7) is -0.202. The van der Waals surface area contributed by atoms with Crippen molar-refractivity contribution in [3.05, 3.63) is 35.9 Å². The van der Waals surface area contributed by atoms with Gasteiger partial charge in [-0.05, 0) is 5.56 Å². The Kier molecular flexibility index (Phi) is 10.6. The normalized spacial score (nSPS) is 9.65. The number of hydrogen-bond donors (Lipinski definition) is 0. The van der Waals surface area contributed by atoms with Gasteiger partial charge in [0.15, 0.2) is 0 Å². The maximum Gasteiger partial charge on any atom is 1.00 e. The van der Waals surface area contributed by atoms with Crippen molar-refractivity contribution in [2.75, 3.05) is 0 Å². The summed E-state index contributed by atoms with van der Waals surface area (Å²) in [4.78, 5) is 0. The molecule has 10 heteroatoms. The van der Waals surface area contributed by atoms with Crippen molar-refractivity contribution >= 4 is 17.9 Å².